The molecule has 0 aromatic carbocycles. The molecule has 5 heteroatoms. The van der Waals surface area contributed by atoms with Gasteiger partial charge in [-0.1, -0.05) is 27.7 Å². The van der Waals surface area contributed by atoms with E-state index in [1.54, 1.807) is 0 Å². The Morgan fingerprint density at radius 3 is 2.58 bits per heavy atom. The Labute approximate surface area is 125 Å². The van der Waals surface area contributed by atoms with Gasteiger partial charge in [0.25, 0.3) is 0 Å². The number of halogens is 1. The van der Waals surface area contributed by atoms with Crippen molar-refractivity contribution in [2.24, 2.45) is 0 Å². The Balaban J connectivity index is 2.53. The topological polar surface area (TPSA) is 41.0 Å². The molecule has 0 aliphatic carbocycles. The molecule has 1 heterocycles. The fraction of sp³-hybridized carbons (Fsp3) is 0.714. The van der Waals surface area contributed by atoms with Crippen LogP contribution in [0.15, 0.2) is 10.7 Å². The first-order chi connectivity index (χ1) is 9.06. The summed E-state index contributed by atoms with van der Waals surface area (Å²) < 4.78 is 0.842. The maximum absolute atomic E-state index is 4.53. The lowest BCUT2D eigenvalue weighted by molar-refractivity contribution is 0.300. The molecule has 1 aromatic rings. The van der Waals surface area contributed by atoms with Crippen LogP contribution in [0.1, 0.15) is 45.9 Å². The SMILES string of the molecule is CCCN(CC)CCNc1cc(Br)nc(C(C)C)n1. The first kappa shape index (κ1) is 16.4. The average Bonchev–Trinajstić information content (AvgIpc) is 2.37. The van der Waals surface area contributed by atoms with Crippen LogP contribution in [-0.2, 0) is 0 Å². The molecule has 1 N–H and O–H groups in total. The monoisotopic (exact) mass is 328 g/mol. The van der Waals surface area contributed by atoms with E-state index in [2.05, 4.69) is 63.8 Å². The summed E-state index contributed by atoms with van der Waals surface area (Å²) >= 11 is 3.44. The summed E-state index contributed by atoms with van der Waals surface area (Å²) in [7, 11) is 0. The molecule has 108 valence electrons. The summed E-state index contributed by atoms with van der Waals surface area (Å²) in [6.45, 7) is 12.8. The molecule has 0 spiro atoms. The molecule has 0 aliphatic rings. The highest BCUT2D eigenvalue weighted by atomic mass is 79.9. The molecule has 1 aromatic heterocycles. The summed E-state index contributed by atoms with van der Waals surface area (Å²) in [5.74, 6) is 2.11. The highest BCUT2D eigenvalue weighted by Gasteiger charge is 2.07. The summed E-state index contributed by atoms with van der Waals surface area (Å²) in [4.78, 5) is 11.3. The summed E-state index contributed by atoms with van der Waals surface area (Å²) in [6, 6.07) is 1.93. The predicted octanol–water partition coefficient (Wildman–Crippen LogP) is 3.51. The molecular formula is C14H25BrN4. The van der Waals surface area contributed by atoms with Crippen LogP contribution < -0.4 is 5.32 Å². The van der Waals surface area contributed by atoms with Gasteiger partial charge in [-0.05, 0) is 35.4 Å². The Hall–Kier alpha value is -0.680. The Bertz CT molecular complexity index is 382. The quantitative estimate of drug-likeness (QED) is 0.741. The van der Waals surface area contributed by atoms with Crippen LogP contribution in [-0.4, -0.2) is 41.0 Å². The zero-order chi connectivity index (χ0) is 14.3. The van der Waals surface area contributed by atoms with Crippen molar-refractivity contribution in [1.82, 2.24) is 14.9 Å². The minimum absolute atomic E-state index is 0.338. The summed E-state index contributed by atoms with van der Waals surface area (Å²) in [6.07, 6.45) is 1.20. The van der Waals surface area contributed by atoms with E-state index in [0.717, 1.165) is 42.4 Å². The number of likely N-dealkylation sites (N-methyl/N-ethyl adjacent to an activating group) is 1. The third-order valence-corrected chi connectivity index (χ3v) is 3.36. The number of hydrogen-bond donors (Lipinski definition) is 1. The maximum atomic E-state index is 4.53. The van der Waals surface area contributed by atoms with E-state index >= 15 is 0 Å². The lowest BCUT2D eigenvalue weighted by Crippen LogP contribution is -2.29. The number of hydrogen-bond acceptors (Lipinski definition) is 4. The van der Waals surface area contributed by atoms with E-state index in [-0.39, 0.29) is 0 Å². The fourth-order valence-corrected chi connectivity index (χ4v) is 2.27. The molecule has 4 nitrogen and oxygen atoms in total. The maximum Gasteiger partial charge on any atom is 0.134 e. The van der Waals surface area contributed by atoms with E-state index in [4.69, 9.17) is 0 Å². The van der Waals surface area contributed by atoms with Crippen molar-refractivity contribution in [3.63, 3.8) is 0 Å². The molecule has 1 rings (SSSR count). The number of nitrogens with zero attached hydrogens (tertiary/aromatic N) is 3. The number of aromatic nitrogens is 2. The third-order valence-electron chi connectivity index (χ3n) is 2.95. The third kappa shape index (κ3) is 5.87. The van der Waals surface area contributed by atoms with Crippen molar-refractivity contribution in [2.75, 3.05) is 31.5 Å². The van der Waals surface area contributed by atoms with E-state index in [9.17, 15) is 0 Å². The Morgan fingerprint density at radius 2 is 2.00 bits per heavy atom. The van der Waals surface area contributed by atoms with Crippen molar-refractivity contribution in [3.8, 4) is 0 Å². The molecule has 0 atom stereocenters. The Morgan fingerprint density at radius 1 is 1.26 bits per heavy atom. The van der Waals surface area contributed by atoms with Gasteiger partial charge in [0.2, 0.25) is 0 Å². The average molecular weight is 329 g/mol. The van der Waals surface area contributed by atoms with E-state index in [1.165, 1.54) is 6.42 Å². The normalized spacial score (nSPS) is 11.3. The second-order valence-electron chi connectivity index (χ2n) is 4.95. The zero-order valence-corrected chi connectivity index (χ0v) is 14.0. The van der Waals surface area contributed by atoms with Crippen molar-refractivity contribution >= 4 is 21.7 Å². The largest absolute Gasteiger partial charge is 0.369 e. The van der Waals surface area contributed by atoms with Gasteiger partial charge in [-0.25, -0.2) is 9.97 Å². The van der Waals surface area contributed by atoms with Gasteiger partial charge in [-0.3, -0.25) is 0 Å². The van der Waals surface area contributed by atoms with Gasteiger partial charge in [0, 0.05) is 25.1 Å². The van der Waals surface area contributed by atoms with E-state index in [1.807, 2.05) is 6.07 Å². The van der Waals surface area contributed by atoms with Gasteiger partial charge in [-0.2, -0.15) is 0 Å². The van der Waals surface area contributed by atoms with Crippen LogP contribution in [0.5, 0.6) is 0 Å². The molecule has 0 fully saturated rings. The highest BCUT2D eigenvalue weighted by Crippen LogP contribution is 2.17. The van der Waals surface area contributed by atoms with Crippen LogP contribution >= 0.6 is 15.9 Å². The standard InChI is InChI=1S/C14H25BrN4/c1-5-8-19(6-2)9-7-16-13-10-12(15)17-14(18-13)11(3)4/h10-11H,5-9H2,1-4H3,(H,16,17,18). The van der Waals surface area contributed by atoms with Gasteiger partial charge in [0.15, 0.2) is 0 Å². The molecule has 19 heavy (non-hydrogen) atoms. The van der Waals surface area contributed by atoms with Crippen LogP contribution in [0.4, 0.5) is 5.82 Å². The second-order valence-corrected chi connectivity index (χ2v) is 5.76. The molecule has 0 amide bonds. The van der Waals surface area contributed by atoms with Gasteiger partial charge in [0.05, 0.1) is 0 Å². The Kier molecular flexibility index (Phi) is 7.31. The highest BCUT2D eigenvalue weighted by molar-refractivity contribution is 9.10. The van der Waals surface area contributed by atoms with Gasteiger partial charge < -0.3 is 10.2 Å². The molecule has 0 bridgehead atoms. The number of rotatable bonds is 8. The summed E-state index contributed by atoms with van der Waals surface area (Å²) in [5.41, 5.74) is 0. The molecule has 0 saturated carbocycles. The number of nitrogens with one attached hydrogen (secondary N) is 1. The fourth-order valence-electron chi connectivity index (χ4n) is 1.87. The molecule has 0 aliphatic heterocycles. The van der Waals surface area contributed by atoms with Crippen molar-refractivity contribution in [1.29, 1.82) is 0 Å². The summed E-state index contributed by atoms with van der Waals surface area (Å²) in [5, 5.41) is 3.38. The van der Waals surface area contributed by atoms with Crippen LogP contribution in [0.2, 0.25) is 0 Å². The van der Waals surface area contributed by atoms with Crippen LogP contribution in [0.25, 0.3) is 0 Å². The smallest absolute Gasteiger partial charge is 0.134 e. The lowest BCUT2D eigenvalue weighted by atomic mass is 10.2. The van der Waals surface area contributed by atoms with Crippen LogP contribution in [0.3, 0.4) is 0 Å². The van der Waals surface area contributed by atoms with E-state index in [0.29, 0.717) is 5.92 Å². The van der Waals surface area contributed by atoms with Gasteiger partial charge >= 0.3 is 0 Å². The van der Waals surface area contributed by atoms with Gasteiger partial charge in [0.1, 0.15) is 16.2 Å². The van der Waals surface area contributed by atoms with Crippen molar-refractivity contribution in [3.05, 3.63) is 16.5 Å². The molecular weight excluding hydrogens is 304 g/mol. The number of anilines is 1. The zero-order valence-electron chi connectivity index (χ0n) is 12.4. The molecule has 0 radical (unpaired) electrons. The minimum Gasteiger partial charge on any atom is -0.369 e. The van der Waals surface area contributed by atoms with E-state index < -0.39 is 0 Å². The van der Waals surface area contributed by atoms with Crippen molar-refractivity contribution < 1.29 is 0 Å². The van der Waals surface area contributed by atoms with Crippen LogP contribution in [0, 0.1) is 0 Å². The van der Waals surface area contributed by atoms with Crippen molar-refractivity contribution in [2.45, 2.75) is 40.0 Å². The first-order valence-corrected chi connectivity index (χ1v) is 7.86. The second kappa shape index (κ2) is 8.48. The minimum atomic E-state index is 0.338. The van der Waals surface area contributed by atoms with Gasteiger partial charge in [-0.15, -0.1) is 0 Å². The molecule has 0 saturated heterocycles. The lowest BCUT2D eigenvalue weighted by Gasteiger charge is -2.19. The predicted molar refractivity (Wildman–Crippen MR) is 84.7 cm³/mol. The first-order valence-electron chi connectivity index (χ1n) is 7.07. The molecule has 0 unspecified atom stereocenters.